The maximum Gasteiger partial charge on any atom is 0.252 e. The zero-order valence-corrected chi connectivity index (χ0v) is 9.31. The predicted octanol–water partition coefficient (Wildman–Crippen LogP) is 2.12. The van der Waals surface area contributed by atoms with Crippen LogP contribution >= 0.6 is 23.2 Å². The molecule has 1 aliphatic rings. The summed E-state index contributed by atoms with van der Waals surface area (Å²) in [4.78, 5) is 11.6. The third-order valence-corrected chi connectivity index (χ3v) is 2.63. The van der Waals surface area contributed by atoms with Crippen LogP contribution in [0.5, 0.6) is 0 Å². The second kappa shape index (κ2) is 4.39. The van der Waals surface area contributed by atoms with Crippen LogP contribution < -0.4 is 5.32 Å². The Labute approximate surface area is 97.3 Å². The molecular weight excluding hydrogens is 237 g/mol. The number of carbonyl (C=O) groups is 1. The first kappa shape index (κ1) is 10.7. The average Bonchev–Trinajstić information content (AvgIpc) is 3.02. The number of hydrogen-bond acceptors (Lipinski definition) is 2. The lowest BCUT2D eigenvalue weighted by atomic mass is 10.2. The van der Waals surface area contributed by atoms with Gasteiger partial charge in [-0.25, -0.2) is 0 Å². The van der Waals surface area contributed by atoms with E-state index in [1.807, 2.05) is 0 Å². The van der Waals surface area contributed by atoms with Crippen LogP contribution in [0.25, 0.3) is 0 Å². The Kier molecular flexibility index (Phi) is 3.14. The molecule has 1 aromatic rings. The van der Waals surface area contributed by atoms with Crippen LogP contribution in [-0.4, -0.2) is 25.2 Å². The van der Waals surface area contributed by atoms with Gasteiger partial charge in [0.05, 0.1) is 23.3 Å². The summed E-state index contributed by atoms with van der Waals surface area (Å²) in [6.07, 6.45) is 0.159. The Balaban J connectivity index is 2.05. The van der Waals surface area contributed by atoms with E-state index in [1.165, 1.54) is 0 Å². The number of halogens is 2. The molecule has 0 spiro atoms. The lowest BCUT2D eigenvalue weighted by molar-refractivity contribution is 0.0950. The van der Waals surface area contributed by atoms with E-state index < -0.39 is 0 Å². The lowest BCUT2D eigenvalue weighted by Gasteiger charge is -2.05. The Morgan fingerprint density at radius 3 is 2.93 bits per heavy atom. The van der Waals surface area contributed by atoms with Crippen molar-refractivity contribution in [2.24, 2.45) is 0 Å². The van der Waals surface area contributed by atoms with Crippen LogP contribution in [-0.2, 0) is 4.74 Å². The molecule has 1 N–H and O–H groups in total. The molecule has 1 heterocycles. The highest BCUT2D eigenvalue weighted by molar-refractivity contribution is 6.35. The predicted molar refractivity (Wildman–Crippen MR) is 58.5 cm³/mol. The molecule has 1 aliphatic heterocycles. The van der Waals surface area contributed by atoms with Gasteiger partial charge in [-0.3, -0.25) is 4.79 Å². The number of rotatable bonds is 3. The summed E-state index contributed by atoms with van der Waals surface area (Å²) in [6, 6.07) is 4.80. The van der Waals surface area contributed by atoms with Crippen molar-refractivity contribution < 1.29 is 9.53 Å². The maximum absolute atomic E-state index is 11.6. The van der Waals surface area contributed by atoms with Gasteiger partial charge in [0.2, 0.25) is 0 Å². The van der Waals surface area contributed by atoms with Crippen LogP contribution in [0, 0.1) is 0 Å². The van der Waals surface area contributed by atoms with Crippen molar-refractivity contribution in [3.05, 3.63) is 33.8 Å². The van der Waals surface area contributed by atoms with Crippen LogP contribution in [0.1, 0.15) is 10.4 Å². The van der Waals surface area contributed by atoms with Crippen molar-refractivity contribution in [2.75, 3.05) is 13.2 Å². The zero-order valence-electron chi connectivity index (χ0n) is 7.80. The number of amides is 1. The van der Waals surface area contributed by atoms with E-state index in [1.54, 1.807) is 18.2 Å². The molecule has 1 aromatic carbocycles. The van der Waals surface area contributed by atoms with E-state index in [4.69, 9.17) is 27.9 Å². The van der Waals surface area contributed by atoms with Crippen molar-refractivity contribution >= 4 is 29.1 Å². The number of hydrogen-bond donors (Lipinski definition) is 1. The summed E-state index contributed by atoms with van der Waals surface area (Å²) < 4.78 is 4.97. The molecule has 0 unspecified atom stereocenters. The molecule has 1 amide bonds. The fourth-order valence-corrected chi connectivity index (χ4v) is 1.53. The summed E-state index contributed by atoms with van der Waals surface area (Å²) in [5.74, 6) is -0.224. The minimum absolute atomic E-state index is 0.159. The Morgan fingerprint density at radius 1 is 1.53 bits per heavy atom. The van der Waals surface area contributed by atoms with Crippen LogP contribution in [0.15, 0.2) is 18.2 Å². The fourth-order valence-electron chi connectivity index (χ4n) is 1.16. The van der Waals surface area contributed by atoms with Crippen molar-refractivity contribution in [3.8, 4) is 0 Å². The molecule has 1 atom stereocenters. The average molecular weight is 246 g/mol. The summed E-state index contributed by atoms with van der Waals surface area (Å²) >= 11 is 11.6. The number of epoxide rings is 1. The molecule has 2 rings (SSSR count). The molecule has 15 heavy (non-hydrogen) atoms. The van der Waals surface area contributed by atoms with Crippen LogP contribution in [0.2, 0.25) is 10.0 Å². The Bertz CT molecular complexity index is 391. The molecule has 0 aromatic heterocycles. The van der Waals surface area contributed by atoms with E-state index in [0.717, 1.165) is 0 Å². The molecule has 80 valence electrons. The standard InChI is InChI=1S/C10H9Cl2NO2/c11-6-1-2-9(12)8(3-6)10(14)13-4-7-5-15-7/h1-3,7H,4-5H2,(H,13,14)/t7-/m0/s1. The highest BCUT2D eigenvalue weighted by atomic mass is 35.5. The second-order valence-corrected chi connectivity index (χ2v) is 4.13. The first-order valence-electron chi connectivity index (χ1n) is 4.51. The van der Waals surface area contributed by atoms with Crippen molar-refractivity contribution in [2.45, 2.75) is 6.10 Å². The highest BCUT2D eigenvalue weighted by Gasteiger charge is 2.23. The van der Waals surface area contributed by atoms with Gasteiger partial charge >= 0.3 is 0 Å². The van der Waals surface area contributed by atoms with Crippen LogP contribution in [0.3, 0.4) is 0 Å². The highest BCUT2D eigenvalue weighted by Crippen LogP contribution is 2.20. The van der Waals surface area contributed by atoms with Gasteiger partial charge in [0.15, 0.2) is 0 Å². The van der Waals surface area contributed by atoms with E-state index in [-0.39, 0.29) is 12.0 Å². The van der Waals surface area contributed by atoms with Gasteiger partial charge in [0.25, 0.3) is 5.91 Å². The zero-order chi connectivity index (χ0) is 10.8. The van der Waals surface area contributed by atoms with E-state index in [2.05, 4.69) is 5.32 Å². The van der Waals surface area contributed by atoms with Gasteiger partial charge < -0.3 is 10.1 Å². The minimum atomic E-state index is -0.224. The summed E-state index contributed by atoms with van der Waals surface area (Å²) in [7, 11) is 0. The molecular formula is C10H9Cl2NO2. The fraction of sp³-hybridized carbons (Fsp3) is 0.300. The number of carbonyl (C=O) groups excluding carboxylic acids is 1. The summed E-state index contributed by atoms with van der Waals surface area (Å²) in [6.45, 7) is 1.23. The van der Waals surface area contributed by atoms with Gasteiger partial charge in [-0.15, -0.1) is 0 Å². The van der Waals surface area contributed by atoms with Gasteiger partial charge in [0, 0.05) is 11.6 Å². The third kappa shape index (κ3) is 2.84. The van der Waals surface area contributed by atoms with E-state index in [9.17, 15) is 4.79 Å². The molecule has 5 heteroatoms. The monoisotopic (exact) mass is 245 g/mol. The first-order valence-corrected chi connectivity index (χ1v) is 5.27. The van der Waals surface area contributed by atoms with Gasteiger partial charge in [0.1, 0.15) is 0 Å². The minimum Gasteiger partial charge on any atom is -0.371 e. The Morgan fingerprint density at radius 2 is 2.27 bits per heavy atom. The number of ether oxygens (including phenoxy) is 1. The van der Waals surface area contributed by atoms with Gasteiger partial charge in [-0.05, 0) is 18.2 Å². The van der Waals surface area contributed by atoms with Gasteiger partial charge in [-0.2, -0.15) is 0 Å². The van der Waals surface area contributed by atoms with Crippen molar-refractivity contribution in [1.29, 1.82) is 0 Å². The smallest absolute Gasteiger partial charge is 0.252 e. The van der Waals surface area contributed by atoms with E-state index >= 15 is 0 Å². The maximum atomic E-state index is 11.6. The van der Waals surface area contributed by atoms with Crippen molar-refractivity contribution in [1.82, 2.24) is 5.32 Å². The molecule has 0 bridgehead atoms. The normalized spacial score (nSPS) is 18.7. The van der Waals surface area contributed by atoms with Crippen molar-refractivity contribution in [3.63, 3.8) is 0 Å². The summed E-state index contributed by atoms with van der Waals surface area (Å²) in [5, 5.41) is 3.61. The number of nitrogens with one attached hydrogen (secondary N) is 1. The number of benzene rings is 1. The molecule has 1 saturated heterocycles. The lowest BCUT2D eigenvalue weighted by Crippen LogP contribution is -2.27. The summed E-state index contributed by atoms with van der Waals surface area (Å²) in [5.41, 5.74) is 0.393. The first-order chi connectivity index (χ1) is 7.16. The second-order valence-electron chi connectivity index (χ2n) is 3.29. The van der Waals surface area contributed by atoms with E-state index in [0.29, 0.717) is 28.8 Å². The third-order valence-electron chi connectivity index (χ3n) is 2.07. The molecule has 0 saturated carbocycles. The SMILES string of the molecule is O=C(NC[C@H]1CO1)c1cc(Cl)ccc1Cl. The topological polar surface area (TPSA) is 41.6 Å². The van der Waals surface area contributed by atoms with Gasteiger partial charge in [-0.1, -0.05) is 23.2 Å². The largest absolute Gasteiger partial charge is 0.371 e. The molecule has 1 fully saturated rings. The Hall–Kier alpha value is -0.770. The molecule has 0 aliphatic carbocycles. The molecule has 0 radical (unpaired) electrons. The van der Waals surface area contributed by atoms with Crippen LogP contribution in [0.4, 0.5) is 0 Å². The molecule has 3 nitrogen and oxygen atoms in total. The quantitative estimate of drug-likeness (QED) is 0.830.